The highest BCUT2D eigenvalue weighted by Gasteiger charge is 2.26. The van der Waals surface area contributed by atoms with Gasteiger partial charge in [0.25, 0.3) is 0 Å². The number of carboxylic acids is 1. The molecule has 2 N–H and O–H groups in total. The van der Waals surface area contributed by atoms with E-state index in [1.54, 1.807) is 6.07 Å². The summed E-state index contributed by atoms with van der Waals surface area (Å²) in [6.07, 6.45) is -4.30. The first-order valence-corrected chi connectivity index (χ1v) is 4.93. The van der Waals surface area contributed by atoms with Crippen molar-refractivity contribution in [2.75, 3.05) is 11.9 Å². The van der Waals surface area contributed by atoms with Crippen LogP contribution in [0.2, 0.25) is 0 Å². The van der Waals surface area contributed by atoms with E-state index in [-0.39, 0.29) is 5.69 Å². The number of halogens is 3. The zero-order chi connectivity index (χ0) is 13.1. The number of benzene rings is 1. The first-order valence-electron chi connectivity index (χ1n) is 4.93. The summed E-state index contributed by atoms with van der Waals surface area (Å²) in [7, 11) is 0. The fraction of sp³-hybridized carbons (Fsp3) is 0.364. The van der Waals surface area contributed by atoms with Crippen molar-refractivity contribution in [1.82, 2.24) is 0 Å². The molecule has 94 valence electrons. The molecule has 0 aliphatic heterocycles. The Morgan fingerprint density at radius 3 is 2.65 bits per heavy atom. The van der Waals surface area contributed by atoms with Crippen molar-refractivity contribution in [2.45, 2.75) is 19.0 Å². The zero-order valence-corrected chi connectivity index (χ0v) is 9.08. The zero-order valence-electron chi connectivity index (χ0n) is 9.08. The number of carbonyl (C=O) groups is 1. The van der Waals surface area contributed by atoms with Crippen molar-refractivity contribution < 1.29 is 23.1 Å². The van der Waals surface area contributed by atoms with E-state index in [1.165, 1.54) is 25.1 Å². The first-order chi connectivity index (χ1) is 7.79. The third kappa shape index (κ3) is 4.34. The highest BCUT2D eigenvalue weighted by Crippen LogP contribution is 2.21. The van der Waals surface area contributed by atoms with Gasteiger partial charge in [0.15, 0.2) is 0 Å². The summed E-state index contributed by atoms with van der Waals surface area (Å²) >= 11 is 0. The van der Waals surface area contributed by atoms with Crippen LogP contribution < -0.4 is 5.32 Å². The monoisotopic (exact) mass is 247 g/mol. The SMILES string of the molecule is CC(C(=O)O)c1cccc(NCC(F)(F)F)c1. The van der Waals surface area contributed by atoms with Crippen molar-refractivity contribution >= 4 is 11.7 Å². The molecule has 0 radical (unpaired) electrons. The Balaban J connectivity index is 2.76. The molecule has 1 aromatic carbocycles. The van der Waals surface area contributed by atoms with Gasteiger partial charge in [-0.3, -0.25) is 4.79 Å². The molecule has 0 aromatic heterocycles. The summed E-state index contributed by atoms with van der Waals surface area (Å²) in [6, 6.07) is 5.96. The number of nitrogens with one attached hydrogen (secondary N) is 1. The molecule has 1 aromatic rings. The molecular weight excluding hydrogens is 235 g/mol. The predicted octanol–water partition coefficient (Wildman–Crippen LogP) is 2.85. The van der Waals surface area contributed by atoms with Gasteiger partial charge in [0, 0.05) is 5.69 Å². The molecule has 1 rings (SSSR count). The molecule has 0 bridgehead atoms. The summed E-state index contributed by atoms with van der Waals surface area (Å²) in [5.41, 5.74) is 0.720. The smallest absolute Gasteiger partial charge is 0.405 e. The van der Waals surface area contributed by atoms with Gasteiger partial charge in [0.1, 0.15) is 6.54 Å². The van der Waals surface area contributed by atoms with E-state index in [0.717, 1.165) is 0 Å². The second-order valence-electron chi connectivity index (χ2n) is 3.65. The van der Waals surface area contributed by atoms with E-state index in [4.69, 9.17) is 5.11 Å². The Labute approximate surface area is 96.3 Å². The molecule has 0 spiro atoms. The number of rotatable bonds is 4. The number of hydrogen-bond acceptors (Lipinski definition) is 2. The van der Waals surface area contributed by atoms with Gasteiger partial charge in [0.05, 0.1) is 5.92 Å². The molecular formula is C11H12F3NO2. The number of hydrogen-bond donors (Lipinski definition) is 2. The summed E-state index contributed by atoms with van der Waals surface area (Å²) < 4.78 is 35.9. The molecule has 0 heterocycles. The van der Waals surface area contributed by atoms with Crippen molar-refractivity contribution in [3.63, 3.8) is 0 Å². The second kappa shape index (κ2) is 5.07. The highest BCUT2D eigenvalue weighted by molar-refractivity contribution is 5.76. The van der Waals surface area contributed by atoms with E-state index >= 15 is 0 Å². The summed E-state index contributed by atoms with van der Waals surface area (Å²) in [5.74, 6) is -1.76. The van der Waals surface area contributed by atoms with Crippen LogP contribution in [0.25, 0.3) is 0 Å². The quantitative estimate of drug-likeness (QED) is 0.860. The topological polar surface area (TPSA) is 49.3 Å². The fourth-order valence-corrected chi connectivity index (χ4v) is 1.26. The number of alkyl halides is 3. The second-order valence-corrected chi connectivity index (χ2v) is 3.65. The van der Waals surface area contributed by atoms with Crippen molar-refractivity contribution in [3.05, 3.63) is 29.8 Å². The van der Waals surface area contributed by atoms with E-state index < -0.39 is 24.6 Å². The lowest BCUT2D eigenvalue weighted by Gasteiger charge is -2.12. The average Bonchev–Trinajstić information content (AvgIpc) is 2.24. The average molecular weight is 247 g/mol. The minimum atomic E-state index is -4.30. The van der Waals surface area contributed by atoms with Crippen LogP contribution in [-0.4, -0.2) is 23.8 Å². The Morgan fingerprint density at radius 2 is 2.12 bits per heavy atom. The lowest BCUT2D eigenvalue weighted by molar-refractivity contribution is -0.138. The molecule has 0 amide bonds. The van der Waals surface area contributed by atoms with Gasteiger partial charge in [0.2, 0.25) is 0 Å². The molecule has 1 atom stereocenters. The maximum Gasteiger partial charge on any atom is 0.405 e. The maximum atomic E-state index is 12.0. The minimum Gasteiger partial charge on any atom is -0.481 e. The molecule has 0 aliphatic rings. The summed E-state index contributed by atoms with van der Waals surface area (Å²) in [5, 5.41) is 11.0. The fourth-order valence-electron chi connectivity index (χ4n) is 1.26. The van der Waals surface area contributed by atoms with Gasteiger partial charge in [-0.25, -0.2) is 0 Å². The van der Waals surface area contributed by atoms with Crippen LogP contribution in [0.3, 0.4) is 0 Å². The lowest BCUT2D eigenvalue weighted by atomic mass is 10.0. The van der Waals surface area contributed by atoms with Gasteiger partial charge in [-0.1, -0.05) is 12.1 Å². The minimum absolute atomic E-state index is 0.257. The van der Waals surface area contributed by atoms with Crippen LogP contribution in [0.1, 0.15) is 18.4 Å². The van der Waals surface area contributed by atoms with Gasteiger partial charge in [-0.15, -0.1) is 0 Å². The molecule has 0 saturated carbocycles. The van der Waals surface area contributed by atoms with Crippen LogP contribution in [0.5, 0.6) is 0 Å². The van der Waals surface area contributed by atoms with E-state index in [0.29, 0.717) is 5.56 Å². The summed E-state index contributed by atoms with van der Waals surface area (Å²) in [4.78, 5) is 10.7. The molecule has 6 heteroatoms. The third-order valence-electron chi connectivity index (χ3n) is 2.25. The highest BCUT2D eigenvalue weighted by atomic mass is 19.4. The number of aliphatic carboxylic acids is 1. The van der Waals surface area contributed by atoms with Gasteiger partial charge >= 0.3 is 12.1 Å². The van der Waals surface area contributed by atoms with Crippen molar-refractivity contribution in [2.24, 2.45) is 0 Å². The maximum absolute atomic E-state index is 12.0. The lowest BCUT2D eigenvalue weighted by Crippen LogP contribution is -2.21. The van der Waals surface area contributed by atoms with Gasteiger partial charge in [-0.05, 0) is 24.6 Å². The molecule has 1 unspecified atom stereocenters. The van der Waals surface area contributed by atoms with Crippen LogP contribution in [0, 0.1) is 0 Å². The third-order valence-corrected chi connectivity index (χ3v) is 2.25. The first kappa shape index (κ1) is 13.3. The molecule has 0 fully saturated rings. The van der Waals surface area contributed by atoms with Crippen molar-refractivity contribution in [3.8, 4) is 0 Å². The largest absolute Gasteiger partial charge is 0.481 e. The number of carboxylic acid groups (broad SMARTS) is 1. The van der Waals surface area contributed by atoms with Gasteiger partial charge in [-0.2, -0.15) is 13.2 Å². The standard InChI is InChI=1S/C11H12F3NO2/c1-7(10(16)17)8-3-2-4-9(5-8)15-6-11(12,13)14/h2-5,7,15H,6H2,1H3,(H,16,17). The molecule has 0 aliphatic carbocycles. The molecule has 0 saturated heterocycles. The molecule has 3 nitrogen and oxygen atoms in total. The normalized spacial score (nSPS) is 13.2. The van der Waals surface area contributed by atoms with E-state index in [1.807, 2.05) is 0 Å². The Morgan fingerprint density at radius 1 is 1.47 bits per heavy atom. The summed E-state index contributed by atoms with van der Waals surface area (Å²) in [6.45, 7) is 0.336. The molecule has 17 heavy (non-hydrogen) atoms. The predicted molar refractivity (Wildman–Crippen MR) is 57.0 cm³/mol. The van der Waals surface area contributed by atoms with Gasteiger partial charge < -0.3 is 10.4 Å². The van der Waals surface area contributed by atoms with Crippen LogP contribution >= 0.6 is 0 Å². The Hall–Kier alpha value is -1.72. The number of anilines is 1. The van der Waals surface area contributed by atoms with E-state index in [9.17, 15) is 18.0 Å². The Kier molecular flexibility index (Phi) is 3.98. The van der Waals surface area contributed by atoms with Crippen LogP contribution in [0.4, 0.5) is 18.9 Å². The van der Waals surface area contributed by atoms with Crippen LogP contribution in [-0.2, 0) is 4.79 Å². The van der Waals surface area contributed by atoms with Crippen molar-refractivity contribution in [1.29, 1.82) is 0 Å². The van der Waals surface area contributed by atoms with Crippen LogP contribution in [0.15, 0.2) is 24.3 Å². The van der Waals surface area contributed by atoms with E-state index in [2.05, 4.69) is 5.32 Å². The Bertz CT molecular complexity index is 404.